The Morgan fingerprint density at radius 2 is 1.70 bits per heavy atom. The number of ether oxygens (including phenoxy) is 1. The van der Waals surface area contributed by atoms with Crippen LogP contribution in [-0.2, 0) is 13.2 Å². The van der Waals surface area contributed by atoms with Crippen molar-refractivity contribution in [1.29, 1.82) is 0 Å². The van der Waals surface area contributed by atoms with Gasteiger partial charge >= 0.3 is 0 Å². The van der Waals surface area contributed by atoms with Gasteiger partial charge in [0.15, 0.2) is 0 Å². The van der Waals surface area contributed by atoms with Crippen LogP contribution in [0.4, 0.5) is 0 Å². The number of furan rings is 1. The molecule has 3 nitrogen and oxygen atoms in total. The molecule has 0 aliphatic carbocycles. The summed E-state index contributed by atoms with van der Waals surface area (Å²) < 4.78 is 12.3. The number of halogens is 1. The third-order valence-corrected chi connectivity index (χ3v) is 3.57. The van der Waals surface area contributed by atoms with E-state index in [0.717, 1.165) is 27.1 Å². The molecular weight excluding hydrogens is 318 g/mol. The summed E-state index contributed by atoms with van der Waals surface area (Å²) in [5, 5.41) is 2.32. The Bertz CT molecular complexity index is 736. The predicted molar refractivity (Wildman–Crippen MR) is 82.6 cm³/mol. The molecule has 0 spiro atoms. The third-order valence-electron chi connectivity index (χ3n) is 3.07. The van der Waals surface area contributed by atoms with Gasteiger partial charge in [0.25, 0.3) is 0 Å². The molecule has 0 bridgehead atoms. The van der Waals surface area contributed by atoms with Crippen molar-refractivity contribution in [1.82, 2.24) is 0 Å². The number of rotatable bonds is 4. The van der Waals surface area contributed by atoms with Crippen LogP contribution in [0.25, 0.3) is 10.8 Å². The molecule has 1 aromatic heterocycles. The van der Waals surface area contributed by atoms with Gasteiger partial charge in [0.2, 0.25) is 0 Å². The molecule has 102 valence electrons. The summed E-state index contributed by atoms with van der Waals surface area (Å²) in [5.74, 6) is 2.37. The van der Waals surface area contributed by atoms with Crippen molar-refractivity contribution in [3.63, 3.8) is 0 Å². The van der Waals surface area contributed by atoms with E-state index in [1.807, 2.05) is 36.4 Å². The molecule has 3 aromatic rings. The van der Waals surface area contributed by atoms with E-state index in [1.165, 1.54) is 5.39 Å². The molecule has 20 heavy (non-hydrogen) atoms. The molecule has 2 N–H and O–H groups in total. The molecular formula is C16H14BrNO2. The zero-order valence-corrected chi connectivity index (χ0v) is 12.4. The molecule has 4 heteroatoms. The molecule has 0 saturated heterocycles. The lowest BCUT2D eigenvalue weighted by Crippen LogP contribution is -1.95. The minimum Gasteiger partial charge on any atom is -0.486 e. The molecule has 0 fully saturated rings. The summed E-state index contributed by atoms with van der Waals surface area (Å²) in [4.78, 5) is 0. The molecule has 0 unspecified atom stereocenters. The topological polar surface area (TPSA) is 48.4 Å². The van der Waals surface area contributed by atoms with Crippen LogP contribution in [0.15, 0.2) is 57.4 Å². The Labute approximate surface area is 125 Å². The molecule has 1 heterocycles. The summed E-state index contributed by atoms with van der Waals surface area (Å²) >= 11 is 3.47. The van der Waals surface area contributed by atoms with E-state index < -0.39 is 0 Å². The minimum absolute atomic E-state index is 0.405. The highest BCUT2D eigenvalue weighted by molar-refractivity contribution is 9.10. The van der Waals surface area contributed by atoms with Crippen LogP contribution < -0.4 is 10.5 Å². The number of fused-ring (bicyclic) bond motifs is 1. The number of hydrogen-bond acceptors (Lipinski definition) is 3. The normalized spacial score (nSPS) is 10.9. The highest BCUT2D eigenvalue weighted by Gasteiger charge is 2.03. The van der Waals surface area contributed by atoms with Gasteiger partial charge in [-0.2, -0.15) is 0 Å². The van der Waals surface area contributed by atoms with Crippen molar-refractivity contribution in [2.75, 3.05) is 0 Å². The lowest BCUT2D eigenvalue weighted by Gasteiger charge is -2.06. The molecule has 2 aromatic carbocycles. The standard InChI is InChI=1S/C16H14BrNO2/c17-13-3-1-12-8-14(4-2-11(12)7-13)19-10-16-6-5-15(9-18)20-16/h1-8H,9-10,18H2. The summed E-state index contributed by atoms with van der Waals surface area (Å²) in [6.45, 7) is 0.812. The second-order valence-electron chi connectivity index (χ2n) is 4.51. The average Bonchev–Trinajstić information content (AvgIpc) is 2.93. The fourth-order valence-electron chi connectivity index (χ4n) is 2.05. The molecule has 0 saturated carbocycles. The van der Waals surface area contributed by atoms with E-state index in [2.05, 4.69) is 28.1 Å². The van der Waals surface area contributed by atoms with Gasteiger partial charge in [-0.25, -0.2) is 0 Å². The lowest BCUT2D eigenvalue weighted by molar-refractivity contribution is 0.266. The third kappa shape index (κ3) is 2.86. The van der Waals surface area contributed by atoms with E-state index >= 15 is 0 Å². The second-order valence-corrected chi connectivity index (χ2v) is 5.43. The summed E-state index contributed by atoms with van der Waals surface area (Å²) in [6.07, 6.45) is 0. The maximum Gasteiger partial charge on any atom is 0.146 e. The molecule has 0 radical (unpaired) electrons. The van der Waals surface area contributed by atoms with Gasteiger partial charge < -0.3 is 14.9 Å². The fraction of sp³-hybridized carbons (Fsp3) is 0.125. The second kappa shape index (κ2) is 5.69. The number of hydrogen-bond donors (Lipinski definition) is 1. The zero-order chi connectivity index (χ0) is 13.9. The Morgan fingerprint density at radius 3 is 2.50 bits per heavy atom. The first-order valence-corrected chi connectivity index (χ1v) is 7.14. The van der Waals surface area contributed by atoms with Gasteiger partial charge in [0.05, 0.1) is 6.54 Å². The Balaban J connectivity index is 1.75. The highest BCUT2D eigenvalue weighted by Crippen LogP contribution is 2.24. The minimum atomic E-state index is 0.405. The Kier molecular flexibility index (Phi) is 3.76. The van der Waals surface area contributed by atoms with E-state index in [-0.39, 0.29) is 0 Å². The van der Waals surface area contributed by atoms with Crippen LogP contribution in [0, 0.1) is 0 Å². The average molecular weight is 332 g/mol. The first kappa shape index (κ1) is 13.2. The van der Waals surface area contributed by atoms with Crippen molar-refractivity contribution < 1.29 is 9.15 Å². The molecule has 3 rings (SSSR count). The van der Waals surface area contributed by atoms with E-state index in [4.69, 9.17) is 14.9 Å². The first-order chi connectivity index (χ1) is 9.74. The molecule has 0 amide bonds. The molecule has 0 aliphatic rings. The predicted octanol–water partition coefficient (Wildman–Crippen LogP) is 4.23. The Hall–Kier alpha value is -1.78. The van der Waals surface area contributed by atoms with Crippen LogP contribution in [0.2, 0.25) is 0 Å². The maximum absolute atomic E-state index is 5.74. The van der Waals surface area contributed by atoms with E-state index in [9.17, 15) is 0 Å². The lowest BCUT2D eigenvalue weighted by atomic mass is 10.1. The van der Waals surface area contributed by atoms with Gasteiger partial charge in [-0.1, -0.05) is 28.1 Å². The highest BCUT2D eigenvalue weighted by atomic mass is 79.9. The van der Waals surface area contributed by atoms with Crippen molar-refractivity contribution in [2.45, 2.75) is 13.2 Å². The largest absolute Gasteiger partial charge is 0.486 e. The zero-order valence-electron chi connectivity index (χ0n) is 10.8. The summed E-state index contributed by atoms with van der Waals surface area (Å²) in [5.41, 5.74) is 5.51. The summed E-state index contributed by atoms with van der Waals surface area (Å²) in [6, 6.07) is 16.0. The quantitative estimate of drug-likeness (QED) is 0.778. The van der Waals surface area contributed by atoms with Crippen LogP contribution in [-0.4, -0.2) is 0 Å². The van der Waals surface area contributed by atoms with Gasteiger partial charge in [-0.05, 0) is 47.2 Å². The van der Waals surface area contributed by atoms with E-state index in [1.54, 1.807) is 0 Å². The van der Waals surface area contributed by atoms with Gasteiger partial charge in [-0.3, -0.25) is 0 Å². The van der Waals surface area contributed by atoms with Crippen molar-refractivity contribution in [3.8, 4) is 5.75 Å². The van der Waals surface area contributed by atoms with Crippen molar-refractivity contribution in [3.05, 3.63) is 64.5 Å². The first-order valence-electron chi connectivity index (χ1n) is 6.34. The van der Waals surface area contributed by atoms with Crippen LogP contribution in [0.5, 0.6) is 5.75 Å². The van der Waals surface area contributed by atoms with Crippen LogP contribution in [0.3, 0.4) is 0 Å². The fourth-order valence-corrected chi connectivity index (χ4v) is 2.43. The maximum atomic E-state index is 5.74. The molecule has 0 aliphatic heterocycles. The summed E-state index contributed by atoms with van der Waals surface area (Å²) in [7, 11) is 0. The smallest absolute Gasteiger partial charge is 0.146 e. The van der Waals surface area contributed by atoms with Gasteiger partial charge in [0.1, 0.15) is 23.9 Å². The molecule has 0 atom stereocenters. The van der Waals surface area contributed by atoms with Crippen molar-refractivity contribution >= 4 is 26.7 Å². The van der Waals surface area contributed by atoms with Gasteiger partial charge in [0, 0.05) is 4.47 Å². The van der Waals surface area contributed by atoms with E-state index in [0.29, 0.717) is 13.2 Å². The monoisotopic (exact) mass is 331 g/mol. The SMILES string of the molecule is NCc1ccc(COc2ccc3cc(Br)ccc3c2)o1. The number of benzene rings is 2. The number of nitrogens with two attached hydrogens (primary N) is 1. The van der Waals surface area contributed by atoms with Crippen molar-refractivity contribution in [2.24, 2.45) is 5.73 Å². The van der Waals surface area contributed by atoms with Crippen LogP contribution in [0.1, 0.15) is 11.5 Å². The Morgan fingerprint density at radius 1 is 0.950 bits per heavy atom. The van der Waals surface area contributed by atoms with Gasteiger partial charge in [-0.15, -0.1) is 0 Å². The van der Waals surface area contributed by atoms with Crippen LogP contribution >= 0.6 is 15.9 Å².